The second-order valence-corrected chi connectivity index (χ2v) is 8.39. The molecule has 4 aliphatic rings. The number of hydrogen-bond donors (Lipinski definition) is 1. The summed E-state index contributed by atoms with van der Waals surface area (Å²) in [4.78, 5) is 36.0. The normalized spacial score (nSPS) is 30.6. The summed E-state index contributed by atoms with van der Waals surface area (Å²) in [5.41, 5.74) is 0.569. The number of amides is 1. The van der Waals surface area contributed by atoms with Gasteiger partial charge in [0, 0.05) is 5.54 Å². The van der Waals surface area contributed by atoms with Crippen LogP contribution in [0.25, 0.3) is 0 Å². The van der Waals surface area contributed by atoms with Crippen molar-refractivity contribution in [1.29, 1.82) is 0 Å². The minimum Gasteiger partial charge on any atom is -0.465 e. The molecule has 144 valence electrons. The summed E-state index contributed by atoms with van der Waals surface area (Å²) >= 11 is 0. The number of nitrogens with one attached hydrogen (secondary N) is 1. The van der Waals surface area contributed by atoms with Crippen molar-refractivity contribution in [3.63, 3.8) is 0 Å². The lowest BCUT2D eigenvalue weighted by atomic mass is 9.53. The summed E-state index contributed by atoms with van der Waals surface area (Å²) in [5, 5.41) is 3.19. The quantitative estimate of drug-likeness (QED) is 0.805. The van der Waals surface area contributed by atoms with E-state index in [1.165, 1.54) is 50.6 Å². The molecule has 0 aromatic heterocycles. The van der Waals surface area contributed by atoms with Gasteiger partial charge in [0.25, 0.3) is 5.91 Å². The van der Waals surface area contributed by atoms with Gasteiger partial charge < -0.3 is 14.8 Å². The minimum absolute atomic E-state index is 0.0829. The second kappa shape index (κ2) is 6.98. The monoisotopic (exact) mass is 371 g/mol. The Hall–Kier alpha value is -2.37. The maximum Gasteiger partial charge on any atom is 0.338 e. The minimum atomic E-state index is -0.577. The number of ether oxygens (including phenoxy) is 2. The predicted molar refractivity (Wildman–Crippen MR) is 97.1 cm³/mol. The molecule has 4 saturated carbocycles. The predicted octanol–water partition coefficient (Wildman–Crippen LogP) is 2.72. The maximum atomic E-state index is 12.4. The van der Waals surface area contributed by atoms with Crippen LogP contribution in [0.4, 0.5) is 0 Å². The van der Waals surface area contributed by atoms with Gasteiger partial charge in [-0.3, -0.25) is 4.79 Å². The van der Waals surface area contributed by atoms with Crippen molar-refractivity contribution < 1.29 is 23.9 Å². The van der Waals surface area contributed by atoms with Crippen LogP contribution in [0.5, 0.6) is 0 Å². The highest BCUT2D eigenvalue weighted by Crippen LogP contribution is 2.55. The van der Waals surface area contributed by atoms with Gasteiger partial charge in [0.15, 0.2) is 6.61 Å². The van der Waals surface area contributed by atoms with Gasteiger partial charge in [-0.05, 0) is 80.5 Å². The van der Waals surface area contributed by atoms with Crippen LogP contribution in [0.15, 0.2) is 24.3 Å². The Balaban J connectivity index is 1.30. The zero-order chi connectivity index (χ0) is 19.0. The van der Waals surface area contributed by atoms with Crippen molar-refractivity contribution in [3.05, 3.63) is 35.4 Å². The highest BCUT2D eigenvalue weighted by molar-refractivity contribution is 5.94. The lowest BCUT2D eigenvalue weighted by molar-refractivity contribution is -0.130. The molecule has 27 heavy (non-hydrogen) atoms. The van der Waals surface area contributed by atoms with Crippen LogP contribution < -0.4 is 5.32 Å². The van der Waals surface area contributed by atoms with Crippen LogP contribution in [0, 0.1) is 17.8 Å². The van der Waals surface area contributed by atoms with Crippen molar-refractivity contribution in [2.75, 3.05) is 13.7 Å². The third kappa shape index (κ3) is 3.70. The molecule has 0 aliphatic heterocycles. The van der Waals surface area contributed by atoms with E-state index in [9.17, 15) is 14.4 Å². The van der Waals surface area contributed by atoms with Gasteiger partial charge in [0.05, 0.1) is 18.2 Å². The maximum absolute atomic E-state index is 12.4. The lowest BCUT2D eigenvalue weighted by Gasteiger charge is -2.56. The van der Waals surface area contributed by atoms with Crippen LogP contribution in [-0.4, -0.2) is 37.1 Å². The molecule has 1 aromatic carbocycles. The van der Waals surface area contributed by atoms with E-state index >= 15 is 0 Å². The molecule has 6 nitrogen and oxygen atoms in total. The summed E-state index contributed by atoms with van der Waals surface area (Å²) in [6, 6.07) is 5.98. The Kier molecular flexibility index (Phi) is 4.66. The first kappa shape index (κ1) is 18.0. The van der Waals surface area contributed by atoms with Crippen LogP contribution in [-0.2, 0) is 14.3 Å². The van der Waals surface area contributed by atoms with Crippen molar-refractivity contribution >= 4 is 17.8 Å². The fraction of sp³-hybridized carbons (Fsp3) is 0.571. The van der Waals surface area contributed by atoms with E-state index in [2.05, 4.69) is 10.1 Å². The molecule has 1 amide bonds. The molecule has 0 heterocycles. The molecule has 0 unspecified atom stereocenters. The number of carbonyl (C=O) groups is 3. The molecule has 1 N–H and O–H groups in total. The van der Waals surface area contributed by atoms with Crippen molar-refractivity contribution in [1.82, 2.24) is 5.32 Å². The zero-order valence-electron chi connectivity index (χ0n) is 15.5. The summed E-state index contributed by atoms with van der Waals surface area (Å²) < 4.78 is 9.79. The molecule has 5 rings (SSSR count). The van der Waals surface area contributed by atoms with E-state index in [0.717, 1.165) is 37.0 Å². The average Bonchev–Trinajstić information content (AvgIpc) is 2.64. The highest BCUT2D eigenvalue weighted by Gasteiger charge is 2.51. The van der Waals surface area contributed by atoms with E-state index in [-0.39, 0.29) is 18.1 Å². The number of methoxy groups -OCH3 is 1. The number of carbonyl (C=O) groups excluding carboxylic acids is 3. The lowest BCUT2D eigenvalue weighted by Crippen LogP contribution is -2.60. The molecular formula is C21H25NO5. The van der Waals surface area contributed by atoms with Crippen molar-refractivity contribution in [2.45, 2.75) is 44.1 Å². The number of rotatable bonds is 5. The highest BCUT2D eigenvalue weighted by atomic mass is 16.5. The topological polar surface area (TPSA) is 81.7 Å². The largest absolute Gasteiger partial charge is 0.465 e. The van der Waals surface area contributed by atoms with E-state index in [4.69, 9.17) is 4.74 Å². The molecule has 0 saturated heterocycles. The van der Waals surface area contributed by atoms with E-state index in [1.807, 2.05) is 0 Å². The molecule has 0 radical (unpaired) electrons. The Bertz CT molecular complexity index is 719. The molecule has 1 aromatic rings. The first-order valence-electron chi connectivity index (χ1n) is 9.63. The van der Waals surface area contributed by atoms with Crippen molar-refractivity contribution in [3.8, 4) is 0 Å². The Morgan fingerprint density at radius 2 is 1.41 bits per heavy atom. The molecule has 4 fully saturated rings. The van der Waals surface area contributed by atoms with Crippen LogP contribution >= 0.6 is 0 Å². The van der Waals surface area contributed by atoms with E-state index in [0.29, 0.717) is 11.1 Å². The Morgan fingerprint density at radius 3 is 1.89 bits per heavy atom. The summed E-state index contributed by atoms with van der Waals surface area (Å²) in [5.74, 6) is 0.959. The molecule has 0 atom stereocenters. The van der Waals surface area contributed by atoms with Gasteiger partial charge in [-0.15, -0.1) is 0 Å². The van der Waals surface area contributed by atoms with Crippen LogP contribution in [0.3, 0.4) is 0 Å². The molecule has 6 heteroatoms. The van der Waals surface area contributed by atoms with Gasteiger partial charge in [0.2, 0.25) is 0 Å². The third-order valence-electron chi connectivity index (χ3n) is 6.32. The van der Waals surface area contributed by atoms with Gasteiger partial charge >= 0.3 is 11.9 Å². The second-order valence-electron chi connectivity index (χ2n) is 8.39. The first-order valence-corrected chi connectivity index (χ1v) is 9.63. The first-order chi connectivity index (χ1) is 13.0. The fourth-order valence-corrected chi connectivity index (χ4v) is 5.67. The summed E-state index contributed by atoms with van der Waals surface area (Å²) in [7, 11) is 1.30. The number of esters is 2. The SMILES string of the molecule is COC(=O)c1ccc(C(=O)OCC(=O)NC23CC4CC(CC(C4)C2)C3)cc1. The van der Waals surface area contributed by atoms with Gasteiger partial charge in [-0.1, -0.05) is 0 Å². The van der Waals surface area contributed by atoms with Gasteiger partial charge in [0.1, 0.15) is 0 Å². The molecular weight excluding hydrogens is 346 g/mol. The van der Waals surface area contributed by atoms with Gasteiger partial charge in [-0.25, -0.2) is 9.59 Å². The fourth-order valence-electron chi connectivity index (χ4n) is 5.67. The van der Waals surface area contributed by atoms with E-state index < -0.39 is 11.9 Å². The smallest absolute Gasteiger partial charge is 0.338 e. The summed E-state index contributed by atoms with van der Waals surface area (Å²) in [6.45, 7) is -0.278. The van der Waals surface area contributed by atoms with E-state index in [1.54, 1.807) is 0 Å². The van der Waals surface area contributed by atoms with Crippen molar-refractivity contribution in [2.24, 2.45) is 17.8 Å². The molecule has 0 spiro atoms. The molecule has 4 aliphatic carbocycles. The third-order valence-corrected chi connectivity index (χ3v) is 6.32. The Morgan fingerprint density at radius 1 is 0.926 bits per heavy atom. The number of benzene rings is 1. The number of hydrogen-bond acceptors (Lipinski definition) is 5. The summed E-state index contributed by atoms with van der Waals surface area (Å²) in [6.07, 6.45) is 7.12. The van der Waals surface area contributed by atoms with Gasteiger partial charge in [-0.2, -0.15) is 0 Å². The average molecular weight is 371 g/mol. The molecule has 4 bridgehead atoms. The standard InChI is InChI=1S/C21H25NO5/c1-26-19(24)16-2-4-17(5-3-16)20(25)27-12-18(23)22-21-9-13-6-14(10-21)8-15(7-13)11-21/h2-5,13-15H,6-12H2,1H3,(H,22,23). The van der Waals surface area contributed by atoms with Crippen LogP contribution in [0.2, 0.25) is 0 Å². The van der Waals surface area contributed by atoms with Crippen LogP contribution in [0.1, 0.15) is 59.2 Å². The Labute approximate surface area is 158 Å². The zero-order valence-corrected chi connectivity index (χ0v) is 15.5.